The van der Waals surface area contributed by atoms with E-state index in [1.54, 1.807) is 0 Å². The Labute approximate surface area is 141 Å². The molecule has 1 N–H and O–H groups in total. The summed E-state index contributed by atoms with van der Waals surface area (Å²) in [6.45, 7) is 4.08. The number of hydrogen-bond acceptors (Lipinski definition) is 3. The first kappa shape index (κ1) is 17.3. The van der Waals surface area contributed by atoms with Gasteiger partial charge in [0.25, 0.3) is 0 Å². The normalized spacial score (nSPS) is 10.3. The van der Waals surface area contributed by atoms with Gasteiger partial charge in [0, 0.05) is 11.3 Å². The highest BCUT2D eigenvalue weighted by atomic mass is 32.2. The summed E-state index contributed by atoms with van der Waals surface area (Å²) < 4.78 is 0. The number of carbonyl (C=O) groups excluding carboxylic acids is 2. The fourth-order valence-electron chi connectivity index (χ4n) is 2.08. The molecule has 0 aliphatic carbocycles. The first-order valence-corrected chi connectivity index (χ1v) is 8.80. The number of rotatable bonds is 7. The van der Waals surface area contributed by atoms with Gasteiger partial charge >= 0.3 is 0 Å². The number of carbonyl (C=O) groups is 2. The fourth-order valence-corrected chi connectivity index (χ4v) is 2.79. The number of Topliss-reactive ketones (excluding diaryl/α,β-unsaturated/α-hetero) is 1. The van der Waals surface area contributed by atoms with E-state index in [-0.39, 0.29) is 17.4 Å². The van der Waals surface area contributed by atoms with Gasteiger partial charge in [-0.3, -0.25) is 9.59 Å². The van der Waals surface area contributed by atoms with E-state index in [1.807, 2.05) is 55.5 Å². The molecule has 2 rings (SSSR count). The van der Waals surface area contributed by atoms with E-state index in [9.17, 15) is 9.59 Å². The largest absolute Gasteiger partial charge is 0.325 e. The van der Waals surface area contributed by atoms with Crippen LogP contribution in [0.2, 0.25) is 0 Å². The van der Waals surface area contributed by atoms with Crippen LogP contribution in [0.25, 0.3) is 0 Å². The maximum atomic E-state index is 12.0. The Kier molecular flexibility index (Phi) is 6.41. The van der Waals surface area contributed by atoms with Gasteiger partial charge in [-0.15, -0.1) is 11.8 Å². The van der Waals surface area contributed by atoms with Crippen LogP contribution in [0.15, 0.2) is 48.5 Å². The topological polar surface area (TPSA) is 46.2 Å². The first-order valence-electron chi connectivity index (χ1n) is 7.65. The van der Waals surface area contributed by atoms with Crippen molar-refractivity contribution in [2.75, 3.05) is 16.8 Å². The van der Waals surface area contributed by atoms with Crippen molar-refractivity contribution in [3.05, 3.63) is 65.2 Å². The number of hydrogen-bond donors (Lipinski definition) is 1. The van der Waals surface area contributed by atoms with E-state index in [1.165, 1.54) is 17.3 Å². The van der Waals surface area contributed by atoms with Crippen molar-refractivity contribution in [3.63, 3.8) is 0 Å². The van der Waals surface area contributed by atoms with Gasteiger partial charge in [0.1, 0.15) is 0 Å². The van der Waals surface area contributed by atoms with Gasteiger partial charge in [-0.05, 0) is 31.0 Å². The lowest BCUT2D eigenvalue weighted by Gasteiger charge is -2.06. The van der Waals surface area contributed by atoms with Gasteiger partial charge in [-0.2, -0.15) is 0 Å². The minimum atomic E-state index is -0.0871. The highest BCUT2D eigenvalue weighted by molar-refractivity contribution is 8.00. The number of anilines is 1. The Hall–Kier alpha value is -2.07. The lowest BCUT2D eigenvalue weighted by Crippen LogP contribution is -2.15. The number of nitrogens with one attached hydrogen (secondary N) is 1. The second kappa shape index (κ2) is 8.53. The van der Waals surface area contributed by atoms with Crippen LogP contribution in [0.4, 0.5) is 5.69 Å². The zero-order chi connectivity index (χ0) is 16.7. The standard InChI is InChI=1S/C19H21NO2S/c1-3-15-6-10-17(11-7-15)20-19(22)13-23-12-18(21)16-8-4-14(2)5-9-16/h4-11H,3,12-13H2,1-2H3,(H,20,22). The van der Waals surface area contributed by atoms with Crippen molar-refractivity contribution in [1.29, 1.82) is 0 Å². The van der Waals surface area contributed by atoms with E-state index in [4.69, 9.17) is 0 Å². The summed E-state index contributed by atoms with van der Waals surface area (Å²) in [7, 11) is 0. The van der Waals surface area contributed by atoms with Crippen LogP contribution in [0.1, 0.15) is 28.4 Å². The lowest BCUT2D eigenvalue weighted by atomic mass is 10.1. The molecule has 0 spiro atoms. The predicted octanol–water partition coefficient (Wildman–Crippen LogP) is 4.11. The summed E-state index contributed by atoms with van der Waals surface area (Å²) in [5.74, 6) is 0.546. The zero-order valence-electron chi connectivity index (χ0n) is 13.5. The SMILES string of the molecule is CCc1ccc(NC(=O)CSCC(=O)c2ccc(C)cc2)cc1. The summed E-state index contributed by atoms with van der Waals surface area (Å²) >= 11 is 1.33. The minimum Gasteiger partial charge on any atom is -0.325 e. The summed E-state index contributed by atoms with van der Waals surface area (Å²) in [6, 6.07) is 15.3. The molecule has 0 aromatic heterocycles. The summed E-state index contributed by atoms with van der Waals surface area (Å²) in [4.78, 5) is 23.9. The highest BCUT2D eigenvalue weighted by Crippen LogP contribution is 2.12. The number of benzene rings is 2. The molecule has 0 aliphatic rings. The summed E-state index contributed by atoms with van der Waals surface area (Å²) in [5, 5.41) is 2.84. The second-order valence-corrected chi connectivity index (χ2v) is 6.37. The molecule has 0 saturated heterocycles. The third-order valence-corrected chi connectivity index (χ3v) is 4.42. The second-order valence-electron chi connectivity index (χ2n) is 5.38. The van der Waals surface area contributed by atoms with Gasteiger partial charge in [0.2, 0.25) is 5.91 Å². The zero-order valence-corrected chi connectivity index (χ0v) is 14.3. The van der Waals surface area contributed by atoms with Gasteiger partial charge in [0.05, 0.1) is 11.5 Å². The molecule has 0 atom stereocenters. The first-order chi connectivity index (χ1) is 11.1. The average molecular weight is 327 g/mol. The molecule has 1 amide bonds. The Balaban J connectivity index is 1.75. The van der Waals surface area contributed by atoms with Crippen molar-refractivity contribution in [2.24, 2.45) is 0 Å². The molecule has 23 heavy (non-hydrogen) atoms. The lowest BCUT2D eigenvalue weighted by molar-refractivity contribution is -0.113. The summed E-state index contributed by atoms with van der Waals surface area (Å²) in [5.41, 5.74) is 3.85. The average Bonchev–Trinajstić information content (AvgIpc) is 2.56. The molecule has 3 nitrogen and oxygen atoms in total. The molecule has 4 heteroatoms. The van der Waals surface area contributed by atoms with Gasteiger partial charge < -0.3 is 5.32 Å². The quantitative estimate of drug-likeness (QED) is 0.778. The maximum Gasteiger partial charge on any atom is 0.234 e. The number of ketones is 1. The molecule has 2 aromatic carbocycles. The van der Waals surface area contributed by atoms with Crippen molar-refractivity contribution in [2.45, 2.75) is 20.3 Å². The van der Waals surface area contributed by atoms with Gasteiger partial charge in [-0.1, -0.05) is 48.9 Å². The van der Waals surface area contributed by atoms with Crippen LogP contribution in [0.3, 0.4) is 0 Å². The Morgan fingerprint density at radius 3 is 2.22 bits per heavy atom. The fraction of sp³-hybridized carbons (Fsp3) is 0.263. The Bertz CT molecular complexity index is 663. The van der Waals surface area contributed by atoms with Crippen molar-refractivity contribution < 1.29 is 9.59 Å². The monoisotopic (exact) mass is 327 g/mol. The van der Waals surface area contributed by atoms with Crippen LogP contribution >= 0.6 is 11.8 Å². The molecule has 0 aliphatic heterocycles. The molecule has 120 valence electrons. The van der Waals surface area contributed by atoms with Crippen LogP contribution in [-0.4, -0.2) is 23.2 Å². The molecular formula is C19H21NO2S. The molecular weight excluding hydrogens is 306 g/mol. The van der Waals surface area contributed by atoms with Crippen LogP contribution in [-0.2, 0) is 11.2 Å². The predicted molar refractivity (Wildman–Crippen MR) is 97.3 cm³/mol. The van der Waals surface area contributed by atoms with Crippen molar-refractivity contribution in [1.82, 2.24) is 0 Å². The van der Waals surface area contributed by atoms with E-state index in [0.29, 0.717) is 11.3 Å². The highest BCUT2D eigenvalue weighted by Gasteiger charge is 2.08. The Morgan fingerprint density at radius 1 is 0.957 bits per heavy atom. The van der Waals surface area contributed by atoms with E-state index >= 15 is 0 Å². The molecule has 0 radical (unpaired) electrons. The molecule has 0 fully saturated rings. The molecule has 0 heterocycles. The summed E-state index contributed by atoms with van der Waals surface area (Å²) in [6.07, 6.45) is 0.977. The molecule has 0 saturated carbocycles. The third kappa shape index (κ3) is 5.57. The van der Waals surface area contributed by atoms with Gasteiger partial charge in [0.15, 0.2) is 5.78 Å². The van der Waals surface area contributed by atoms with E-state index < -0.39 is 0 Å². The third-order valence-electron chi connectivity index (χ3n) is 3.49. The molecule has 2 aromatic rings. The number of aryl methyl sites for hydroxylation is 2. The van der Waals surface area contributed by atoms with Crippen molar-refractivity contribution >= 4 is 29.1 Å². The smallest absolute Gasteiger partial charge is 0.234 e. The van der Waals surface area contributed by atoms with Crippen LogP contribution < -0.4 is 5.32 Å². The minimum absolute atomic E-state index is 0.0510. The number of amides is 1. The van der Waals surface area contributed by atoms with E-state index in [0.717, 1.165) is 17.7 Å². The van der Waals surface area contributed by atoms with Gasteiger partial charge in [-0.25, -0.2) is 0 Å². The Morgan fingerprint density at radius 2 is 1.61 bits per heavy atom. The van der Waals surface area contributed by atoms with Crippen LogP contribution in [0, 0.1) is 6.92 Å². The molecule has 0 unspecified atom stereocenters. The van der Waals surface area contributed by atoms with Crippen LogP contribution in [0.5, 0.6) is 0 Å². The number of thioether (sulfide) groups is 1. The maximum absolute atomic E-state index is 12.0. The van der Waals surface area contributed by atoms with Crippen molar-refractivity contribution in [3.8, 4) is 0 Å². The molecule has 0 bridgehead atoms. The van der Waals surface area contributed by atoms with E-state index in [2.05, 4.69) is 12.2 Å².